The van der Waals surface area contributed by atoms with Gasteiger partial charge in [-0.25, -0.2) is 9.79 Å². The van der Waals surface area contributed by atoms with Crippen LogP contribution in [0.15, 0.2) is 112 Å². The lowest BCUT2D eigenvalue weighted by atomic mass is 9.96. The van der Waals surface area contributed by atoms with Crippen molar-refractivity contribution in [3.63, 3.8) is 0 Å². The maximum absolute atomic E-state index is 13.8. The average Bonchev–Trinajstić information content (AvgIpc) is 3.33. The van der Waals surface area contributed by atoms with Crippen molar-refractivity contribution >= 4 is 34.2 Å². The summed E-state index contributed by atoms with van der Waals surface area (Å²) < 4.78 is 19.0. The monoisotopic (exact) mass is 576 g/mol. The Morgan fingerprint density at radius 2 is 1.71 bits per heavy atom. The zero-order valence-electron chi connectivity index (χ0n) is 23.4. The fraction of sp³-hybridized carbons (Fsp3) is 0.147. The first-order valence-electron chi connectivity index (χ1n) is 13.4. The summed E-state index contributed by atoms with van der Waals surface area (Å²) in [6, 6.07) is 28.7. The second-order valence-electron chi connectivity index (χ2n) is 9.82. The topological polar surface area (TPSA) is 79.1 Å². The molecule has 2 heterocycles. The molecule has 0 spiro atoms. The highest BCUT2D eigenvalue weighted by molar-refractivity contribution is 7.07. The van der Waals surface area contributed by atoms with Gasteiger partial charge in [0.1, 0.15) is 6.61 Å². The van der Waals surface area contributed by atoms with Gasteiger partial charge in [-0.05, 0) is 52.6 Å². The van der Waals surface area contributed by atoms with E-state index in [-0.39, 0.29) is 5.56 Å². The summed E-state index contributed by atoms with van der Waals surface area (Å²) in [5.41, 5.74) is 3.28. The molecule has 0 bridgehead atoms. The maximum Gasteiger partial charge on any atom is 0.338 e. The van der Waals surface area contributed by atoms with Crippen LogP contribution in [0.4, 0.5) is 0 Å². The number of rotatable bonds is 7. The summed E-state index contributed by atoms with van der Waals surface area (Å²) in [5, 5.41) is 2.30. The lowest BCUT2D eigenvalue weighted by Gasteiger charge is -2.24. The van der Waals surface area contributed by atoms with E-state index in [2.05, 4.69) is 29.3 Å². The molecule has 0 radical (unpaired) electrons. The third-order valence-corrected chi connectivity index (χ3v) is 8.27. The van der Waals surface area contributed by atoms with Gasteiger partial charge in [0.15, 0.2) is 16.3 Å². The van der Waals surface area contributed by atoms with Crippen molar-refractivity contribution in [2.75, 3.05) is 14.2 Å². The Morgan fingerprint density at radius 3 is 2.50 bits per heavy atom. The third kappa shape index (κ3) is 5.01. The largest absolute Gasteiger partial charge is 0.493 e. The fourth-order valence-corrected chi connectivity index (χ4v) is 6.31. The first kappa shape index (κ1) is 27.2. The van der Waals surface area contributed by atoms with Crippen molar-refractivity contribution in [3.8, 4) is 11.5 Å². The zero-order valence-corrected chi connectivity index (χ0v) is 24.2. The van der Waals surface area contributed by atoms with E-state index in [0.29, 0.717) is 38.7 Å². The van der Waals surface area contributed by atoms with Crippen LogP contribution in [-0.4, -0.2) is 24.8 Å². The van der Waals surface area contributed by atoms with Gasteiger partial charge in [-0.3, -0.25) is 9.36 Å². The Kier molecular flexibility index (Phi) is 7.46. The smallest absolute Gasteiger partial charge is 0.338 e. The number of hydrogen-bond donors (Lipinski definition) is 0. The van der Waals surface area contributed by atoms with Crippen LogP contribution in [0.25, 0.3) is 16.8 Å². The highest BCUT2D eigenvalue weighted by Gasteiger charge is 2.32. The van der Waals surface area contributed by atoms with Gasteiger partial charge in [-0.1, -0.05) is 90.2 Å². The second-order valence-corrected chi connectivity index (χ2v) is 10.8. The van der Waals surface area contributed by atoms with Crippen molar-refractivity contribution in [1.29, 1.82) is 0 Å². The predicted octanol–water partition coefficient (Wildman–Crippen LogP) is 5.15. The van der Waals surface area contributed by atoms with Gasteiger partial charge in [-0.15, -0.1) is 0 Å². The molecule has 0 amide bonds. The number of aromatic nitrogens is 1. The van der Waals surface area contributed by atoms with Gasteiger partial charge in [0.2, 0.25) is 0 Å². The SMILES string of the molecule is COC(=O)C1=C(C)N=c2sc(=Cc3ccc(OCc4cccc5ccccc45)c(OC)c3)c(=O)n2C1c1ccccc1. The number of carbonyl (C=O) groups is 1. The number of benzene rings is 4. The lowest BCUT2D eigenvalue weighted by Crippen LogP contribution is -2.39. The number of allylic oxidation sites excluding steroid dienone is 1. The predicted molar refractivity (Wildman–Crippen MR) is 163 cm³/mol. The number of methoxy groups -OCH3 is 2. The molecule has 0 aliphatic carbocycles. The molecule has 0 saturated heterocycles. The van der Waals surface area contributed by atoms with Gasteiger partial charge in [0.05, 0.1) is 36.1 Å². The summed E-state index contributed by atoms with van der Waals surface area (Å²) in [6.07, 6.45) is 1.81. The molecule has 7 nitrogen and oxygen atoms in total. The van der Waals surface area contributed by atoms with E-state index in [0.717, 1.165) is 27.5 Å². The van der Waals surface area contributed by atoms with Crippen LogP contribution in [0.2, 0.25) is 0 Å². The van der Waals surface area contributed by atoms with E-state index in [9.17, 15) is 9.59 Å². The normalized spacial score (nSPS) is 14.8. The third-order valence-electron chi connectivity index (χ3n) is 7.29. The summed E-state index contributed by atoms with van der Waals surface area (Å²) in [6.45, 7) is 2.15. The molecule has 1 aliphatic rings. The Morgan fingerprint density at radius 1 is 0.952 bits per heavy atom. The number of nitrogens with zero attached hydrogens (tertiary/aromatic N) is 2. The molecule has 0 N–H and O–H groups in total. The Hall–Kier alpha value is -4.95. The van der Waals surface area contributed by atoms with Crippen LogP contribution >= 0.6 is 11.3 Å². The molecular weight excluding hydrogens is 548 g/mol. The first-order chi connectivity index (χ1) is 20.5. The summed E-state index contributed by atoms with van der Waals surface area (Å²) >= 11 is 1.28. The number of carbonyl (C=O) groups excluding carboxylic acids is 1. The van der Waals surface area contributed by atoms with Crippen molar-refractivity contribution in [2.24, 2.45) is 4.99 Å². The van der Waals surface area contributed by atoms with Crippen molar-refractivity contribution in [2.45, 2.75) is 19.6 Å². The molecule has 0 saturated carbocycles. The van der Waals surface area contributed by atoms with Crippen molar-refractivity contribution < 1.29 is 19.0 Å². The van der Waals surface area contributed by atoms with E-state index in [1.165, 1.54) is 18.4 Å². The van der Waals surface area contributed by atoms with Gasteiger partial charge in [-0.2, -0.15) is 0 Å². The molecule has 5 aromatic rings. The van der Waals surface area contributed by atoms with E-state index >= 15 is 0 Å². The maximum atomic E-state index is 13.8. The highest BCUT2D eigenvalue weighted by Crippen LogP contribution is 2.31. The van der Waals surface area contributed by atoms with E-state index in [1.807, 2.05) is 66.7 Å². The van der Waals surface area contributed by atoms with Crippen LogP contribution in [0.1, 0.15) is 29.7 Å². The minimum absolute atomic E-state index is 0.239. The van der Waals surface area contributed by atoms with Gasteiger partial charge in [0.25, 0.3) is 5.56 Å². The zero-order chi connectivity index (χ0) is 29.2. The minimum atomic E-state index is -0.642. The Balaban J connectivity index is 1.36. The van der Waals surface area contributed by atoms with Crippen molar-refractivity contribution in [1.82, 2.24) is 4.57 Å². The molecule has 210 valence electrons. The minimum Gasteiger partial charge on any atom is -0.493 e. The molecule has 0 fully saturated rings. The molecule has 1 aliphatic heterocycles. The molecule has 8 heteroatoms. The molecule has 6 rings (SSSR count). The van der Waals surface area contributed by atoms with Crippen LogP contribution in [0.5, 0.6) is 11.5 Å². The highest BCUT2D eigenvalue weighted by atomic mass is 32.1. The van der Waals surface area contributed by atoms with Crippen LogP contribution in [0.3, 0.4) is 0 Å². The van der Waals surface area contributed by atoms with Gasteiger partial charge >= 0.3 is 5.97 Å². The van der Waals surface area contributed by atoms with Gasteiger partial charge in [0, 0.05) is 0 Å². The van der Waals surface area contributed by atoms with Crippen LogP contribution in [0, 0.1) is 0 Å². The Bertz CT molecular complexity index is 2020. The number of fused-ring (bicyclic) bond motifs is 2. The average molecular weight is 577 g/mol. The van der Waals surface area contributed by atoms with Gasteiger partial charge < -0.3 is 14.2 Å². The van der Waals surface area contributed by atoms with E-state index < -0.39 is 12.0 Å². The molecular formula is C34H28N2O5S. The first-order valence-corrected chi connectivity index (χ1v) is 14.2. The summed E-state index contributed by atoms with van der Waals surface area (Å²) in [5.74, 6) is 0.650. The molecule has 4 aromatic carbocycles. The number of thiazole rings is 1. The molecule has 1 unspecified atom stereocenters. The molecule has 1 aromatic heterocycles. The lowest BCUT2D eigenvalue weighted by molar-refractivity contribution is -0.136. The quantitative estimate of drug-likeness (QED) is 0.251. The van der Waals surface area contributed by atoms with E-state index in [1.54, 1.807) is 24.7 Å². The second kappa shape index (κ2) is 11.5. The number of esters is 1. The number of ether oxygens (including phenoxy) is 3. The van der Waals surface area contributed by atoms with Crippen LogP contribution < -0.4 is 24.4 Å². The molecule has 1 atom stereocenters. The number of hydrogen-bond acceptors (Lipinski definition) is 7. The van der Waals surface area contributed by atoms with E-state index in [4.69, 9.17) is 14.2 Å². The Labute approximate surface area is 246 Å². The fourth-order valence-electron chi connectivity index (χ4n) is 5.26. The molecule has 42 heavy (non-hydrogen) atoms. The van der Waals surface area contributed by atoms with Crippen LogP contribution in [-0.2, 0) is 16.1 Å². The standard InChI is InChI=1S/C34H28N2O5S/c1-21-30(33(38)40-3)31(24-11-5-4-6-12-24)36-32(37)29(42-34(36)35-21)19-22-16-17-27(28(18-22)39-2)41-20-25-14-9-13-23-10-7-8-15-26(23)25/h4-19,31H,20H2,1-3H3. The summed E-state index contributed by atoms with van der Waals surface area (Å²) in [7, 11) is 2.92. The summed E-state index contributed by atoms with van der Waals surface area (Å²) in [4.78, 5) is 31.7. The van der Waals surface area contributed by atoms with Crippen molar-refractivity contribution in [3.05, 3.63) is 139 Å².